The van der Waals surface area contributed by atoms with Crippen LogP contribution in [0.4, 0.5) is 14.5 Å². The van der Waals surface area contributed by atoms with Crippen LogP contribution in [0.2, 0.25) is 0 Å². The standard InChI is InChI=1S/C12H16F2N2/c1-2-15-9-6-7-16(8-9)12-10(13)4-3-5-11(12)14/h3-5,9,15H,2,6-8H2,1H3. The number of nitrogens with zero attached hydrogens (tertiary/aromatic N) is 1. The van der Waals surface area contributed by atoms with Crippen LogP contribution in [-0.2, 0) is 0 Å². The second kappa shape index (κ2) is 4.78. The van der Waals surface area contributed by atoms with E-state index in [-0.39, 0.29) is 5.69 Å². The molecule has 0 saturated carbocycles. The maximum Gasteiger partial charge on any atom is 0.149 e. The normalized spacial score (nSPS) is 20.4. The van der Waals surface area contributed by atoms with Crippen LogP contribution < -0.4 is 10.2 Å². The number of benzene rings is 1. The van der Waals surface area contributed by atoms with Crippen LogP contribution in [0.1, 0.15) is 13.3 Å². The Balaban J connectivity index is 2.14. The van der Waals surface area contributed by atoms with Crippen LogP contribution in [0, 0.1) is 11.6 Å². The molecule has 1 aromatic rings. The third-order valence-electron chi connectivity index (χ3n) is 2.93. The Morgan fingerprint density at radius 3 is 2.69 bits per heavy atom. The van der Waals surface area contributed by atoms with Crippen LogP contribution in [0.15, 0.2) is 18.2 Å². The molecule has 1 fully saturated rings. The van der Waals surface area contributed by atoms with Crippen molar-refractivity contribution in [3.05, 3.63) is 29.8 Å². The van der Waals surface area contributed by atoms with Crippen molar-refractivity contribution < 1.29 is 8.78 Å². The van der Waals surface area contributed by atoms with E-state index in [1.807, 2.05) is 6.92 Å². The number of nitrogens with one attached hydrogen (secondary N) is 1. The monoisotopic (exact) mass is 226 g/mol. The lowest BCUT2D eigenvalue weighted by molar-refractivity contribution is 0.562. The van der Waals surface area contributed by atoms with Crippen molar-refractivity contribution in [2.75, 3.05) is 24.5 Å². The van der Waals surface area contributed by atoms with E-state index in [2.05, 4.69) is 5.32 Å². The summed E-state index contributed by atoms with van der Waals surface area (Å²) in [6, 6.07) is 4.34. The van der Waals surface area contributed by atoms with Crippen molar-refractivity contribution >= 4 is 5.69 Å². The van der Waals surface area contributed by atoms with Gasteiger partial charge in [0.15, 0.2) is 0 Å². The van der Waals surface area contributed by atoms with Gasteiger partial charge < -0.3 is 10.2 Å². The van der Waals surface area contributed by atoms with E-state index in [0.29, 0.717) is 19.1 Å². The summed E-state index contributed by atoms with van der Waals surface area (Å²) in [6.45, 7) is 4.30. The molecule has 0 radical (unpaired) electrons. The maximum absolute atomic E-state index is 13.5. The van der Waals surface area contributed by atoms with Crippen LogP contribution in [-0.4, -0.2) is 25.7 Å². The van der Waals surface area contributed by atoms with Gasteiger partial charge in [-0.05, 0) is 25.1 Å². The summed E-state index contributed by atoms with van der Waals surface area (Å²) < 4.78 is 27.0. The number of hydrogen-bond donors (Lipinski definition) is 1. The van der Waals surface area contributed by atoms with Crippen LogP contribution in [0.3, 0.4) is 0 Å². The van der Waals surface area contributed by atoms with E-state index in [4.69, 9.17) is 0 Å². The fourth-order valence-electron chi connectivity index (χ4n) is 2.21. The topological polar surface area (TPSA) is 15.3 Å². The third-order valence-corrected chi connectivity index (χ3v) is 2.93. The highest BCUT2D eigenvalue weighted by atomic mass is 19.1. The van der Waals surface area contributed by atoms with Crippen molar-refractivity contribution in [2.24, 2.45) is 0 Å². The summed E-state index contributed by atoms with van der Waals surface area (Å²) >= 11 is 0. The molecule has 1 aliphatic heterocycles. The summed E-state index contributed by atoms with van der Waals surface area (Å²) in [7, 11) is 0. The molecule has 0 aliphatic carbocycles. The Kier molecular flexibility index (Phi) is 3.39. The summed E-state index contributed by atoms with van der Waals surface area (Å²) in [4.78, 5) is 1.78. The van der Waals surface area contributed by atoms with Gasteiger partial charge in [-0.2, -0.15) is 0 Å². The fourth-order valence-corrected chi connectivity index (χ4v) is 2.21. The third kappa shape index (κ3) is 2.16. The van der Waals surface area contributed by atoms with E-state index in [1.54, 1.807) is 4.90 Å². The van der Waals surface area contributed by atoms with Gasteiger partial charge >= 0.3 is 0 Å². The van der Waals surface area contributed by atoms with Gasteiger partial charge in [0.05, 0.1) is 0 Å². The van der Waals surface area contributed by atoms with Crippen molar-refractivity contribution in [1.29, 1.82) is 0 Å². The quantitative estimate of drug-likeness (QED) is 0.849. The zero-order valence-electron chi connectivity index (χ0n) is 9.34. The Labute approximate surface area is 94.3 Å². The SMILES string of the molecule is CCNC1CCN(c2c(F)cccc2F)C1. The van der Waals surface area contributed by atoms with Crippen LogP contribution in [0.25, 0.3) is 0 Å². The molecular formula is C12H16F2N2. The summed E-state index contributed by atoms with van der Waals surface area (Å²) in [5, 5.41) is 3.30. The number of likely N-dealkylation sites (N-methyl/N-ethyl adjacent to an activating group) is 1. The Bertz CT molecular complexity index is 348. The van der Waals surface area contributed by atoms with Gasteiger partial charge in [-0.25, -0.2) is 8.78 Å². The number of hydrogen-bond acceptors (Lipinski definition) is 2. The smallest absolute Gasteiger partial charge is 0.149 e. The molecule has 0 amide bonds. The van der Waals surface area contributed by atoms with Gasteiger partial charge in [0, 0.05) is 19.1 Å². The van der Waals surface area contributed by atoms with Crippen molar-refractivity contribution in [1.82, 2.24) is 5.32 Å². The first kappa shape index (κ1) is 11.3. The molecule has 0 spiro atoms. The number of para-hydroxylation sites is 1. The minimum Gasteiger partial charge on any atom is -0.365 e. The van der Waals surface area contributed by atoms with E-state index in [1.165, 1.54) is 18.2 Å². The van der Waals surface area contributed by atoms with E-state index < -0.39 is 11.6 Å². The van der Waals surface area contributed by atoms with Gasteiger partial charge in [0.1, 0.15) is 17.3 Å². The predicted molar refractivity (Wildman–Crippen MR) is 60.7 cm³/mol. The number of halogens is 2. The molecule has 1 saturated heterocycles. The lowest BCUT2D eigenvalue weighted by atomic mass is 10.2. The molecule has 0 aromatic heterocycles. The first-order chi connectivity index (χ1) is 7.72. The first-order valence-electron chi connectivity index (χ1n) is 5.64. The van der Waals surface area contributed by atoms with Crippen molar-refractivity contribution in [2.45, 2.75) is 19.4 Å². The molecule has 4 heteroatoms. The summed E-state index contributed by atoms with van der Waals surface area (Å²) in [5.74, 6) is -0.950. The number of rotatable bonds is 3. The molecule has 1 atom stereocenters. The zero-order valence-corrected chi connectivity index (χ0v) is 9.34. The Morgan fingerprint density at radius 2 is 2.06 bits per heavy atom. The maximum atomic E-state index is 13.5. The molecule has 88 valence electrons. The Morgan fingerprint density at radius 1 is 1.38 bits per heavy atom. The summed E-state index contributed by atoms with van der Waals surface area (Å²) in [5.41, 5.74) is 0.114. The molecule has 16 heavy (non-hydrogen) atoms. The molecule has 0 bridgehead atoms. The van der Waals surface area contributed by atoms with Gasteiger partial charge in [0.25, 0.3) is 0 Å². The molecule has 1 aromatic carbocycles. The van der Waals surface area contributed by atoms with Gasteiger partial charge in [-0.3, -0.25) is 0 Å². The average molecular weight is 226 g/mol. The predicted octanol–water partition coefficient (Wildman–Crippen LogP) is 2.15. The zero-order chi connectivity index (χ0) is 11.5. The highest BCUT2D eigenvalue weighted by molar-refractivity contribution is 5.50. The van der Waals surface area contributed by atoms with Crippen molar-refractivity contribution in [3.8, 4) is 0 Å². The molecule has 2 rings (SSSR count). The van der Waals surface area contributed by atoms with E-state index >= 15 is 0 Å². The fraction of sp³-hybridized carbons (Fsp3) is 0.500. The Hall–Kier alpha value is -1.16. The lowest BCUT2D eigenvalue weighted by Crippen LogP contribution is -2.32. The molecule has 1 unspecified atom stereocenters. The van der Waals surface area contributed by atoms with Crippen molar-refractivity contribution in [3.63, 3.8) is 0 Å². The van der Waals surface area contributed by atoms with E-state index in [9.17, 15) is 8.78 Å². The van der Waals surface area contributed by atoms with Gasteiger partial charge in [-0.15, -0.1) is 0 Å². The second-order valence-corrected chi connectivity index (χ2v) is 4.06. The molecule has 2 nitrogen and oxygen atoms in total. The van der Waals surface area contributed by atoms with E-state index in [0.717, 1.165) is 13.0 Å². The largest absolute Gasteiger partial charge is 0.365 e. The second-order valence-electron chi connectivity index (χ2n) is 4.06. The molecule has 1 heterocycles. The minimum atomic E-state index is -0.475. The number of anilines is 1. The first-order valence-corrected chi connectivity index (χ1v) is 5.64. The summed E-state index contributed by atoms with van der Waals surface area (Å²) in [6.07, 6.45) is 0.932. The molecule has 1 N–H and O–H groups in total. The highest BCUT2D eigenvalue weighted by Gasteiger charge is 2.25. The average Bonchev–Trinajstić information content (AvgIpc) is 2.67. The lowest BCUT2D eigenvalue weighted by Gasteiger charge is -2.20. The molecule has 1 aliphatic rings. The van der Waals surface area contributed by atoms with Gasteiger partial charge in [-0.1, -0.05) is 13.0 Å². The molecular weight excluding hydrogens is 210 g/mol. The van der Waals surface area contributed by atoms with Crippen LogP contribution >= 0.6 is 0 Å². The van der Waals surface area contributed by atoms with Gasteiger partial charge in [0.2, 0.25) is 0 Å². The minimum absolute atomic E-state index is 0.114. The highest BCUT2D eigenvalue weighted by Crippen LogP contribution is 2.26. The van der Waals surface area contributed by atoms with Crippen LogP contribution in [0.5, 0.6) is 0 Å².